The third-order valence-electron chi connectivity index (χ3n) is 3.96. The minimum absolute atomic E-state index is 0.0102. The summed E-state index contributed by atoms with van der Waals surface area (Å²) in [4.78, 5) is 11.7. The first-order valence-electron chi connectivity index (χ1n) is 8.80. The lowest BCUT2D eigenvalue weighted by Crippen LogP contribution is -2.12. The van der Waals surface area contributed by atoms with Gasteiger partial charge >= 0.3 is 0 Å². The van der Waals surface area contributed by atoms with Crippen molar-refractivity contribution in [3.8, 4) is 0 Å². The monoisotopic (exact) mass is 428 g/mol. The highest BCUT2D eigenvalue weighted by Crippen LogP contribution is 2.27. The van der Waals surface area contributed by atoms with E-state index in [4.69, 9.17) is 40.5 Å². The zero-order valence-corrected chi connectivity index (χ0v) is 18.5. The van der Waals surface area contributed by atoms with E-state index in [1.165, 1.54) is 0 Å². The number of anilines is 2. The van der Waals surface area contributed by atoms with Crippen LogP contribution in [0, 0.1) is 27.7 Å². The molecule has 3 N–H and O–H groups in total. The number of hydrogen-bond acceptors (Lipinski definition) is 2. The highest BCUT2D eigenvalue weighted by Gasteiger charge is 2.09. The van der Waals surface area contributed by atoms with Crippen molar-refractivity contribution in [1.82, 2.24) is 0 Å². The first-order valence-corrected chi connectivity index (χ1v) is 10.1. The number of alkyl halides is 1. The maximum atomic E-state index is 11.7. The number of nitrogen functional groups attached to an aromatic ring is 1. The number of aryl methyl sites for hydroxylation is 4. The molecule has 148 valence electrons. The third-order valence-corrected chi connectivity index (χ3v) is 4.84. The van der Waals surface area contributed by atoms with E-state index >= 15 is 0 Å². The van der Waals surface area contributed by atoms with Crippen molar-refractivity contribution in [2.24, 2.45) is 0 Å². The van der Waals surface area contributed by atoms with Crippen LogP contribution in [-0.2, 0) is 4.79 Å². The Morgan fingerprint density at radius 3 is 2.00 bits per heavy atom. The molecule has 0 saturated carbocycles. The molecule has 0 aromatic heterocycles. The fraction of sp³-hybridized carbons (Fsp3) is 0.381. The lowest BCUT2D eigenvalue weighted by atomic mass is 10.1. The van der Waals surface area contributed by atoms with Crippen LogP contribution < -0.4 is 11.1 Å². The second-order valence-corrected chi connectivity index (χ2v) is 7.80. The average molecular weight is 430 g/mol. The maximum absolute atomic E-state index is 11.7. The lowest BCUT2D eigenvalue weighted by molar-refractivity contribution is -0.116. The summed E-state index contributed by atoms with van der Waals surface area (Å²) < 4.78 is 0. The van der Waals surface area contributed by atoms with Crippen LogP contribution >= 0.6 is 34.8 Å². The molecule has 0 saturated heterocycles. The molecule has 0 spiro atoms. The predicted octanol–water partition coefficient (Wildman–Crippen LogP) is 6.84. The van der Waals surface area contributed by atoms with Gasteiger partial charge in [0.05, 0.1) is 21.4 Å². The molecule has 0 bridgehead atoms. The topological polar surface area (TPSA) is 55.1 Å². The van der Waals surface area contributed by atoms with Gasteiger partial charge in [-0.25, -0.2) is 0 Å². The second-order valence-electron chi connectivity index (χ2n) is 6.61. The van der Waals surface area contributed by atoms with Crippen LogP contribution in [0.25, 0.3) is 0 Å². The number of hydrogen-bond donors (Lipinski definition) is 2. The predicted molar refractivity (Wildman–Crippen MR) is 119 cm³/mol. The van der Waals surface area contributed by atoms with E-state index in [1.807, 2.05) is 52.0 Å². The number of carbonyl (C=O) groups is 1. The van der Waals surface area contributed by atoms with Gasteiger partial charge in [-0.3, -0.25) is 4.79 Å². The largest absolute Gasteiger partial charge is 0.397 e. The van der Waals surface area contributed by atoms with Crippen molar-refractivity contribution in [3.63, 3.8) is 0 Å². The zero-order chi connectivity index (χ0) is 20.6. The smallest absolute Gasteiger partial charge is 0.224 e. The number of benzene rings is 2. The quantitative estimate of drug-likeness (QED) is 0.310. The molecule has 3 nitrogen and oxygen atoms in total. The number of nitrogens with one attached hydrogen (secondary N) is 1. The molecule has 1 amide bonds. The average Bonchev–Trinajstić information content (AvgIpc) is 2.56. The van der Waals surface area contributed by atoms with Gasteiger partial charge in [0.15, 0.2) is 0 Å². The summed E-state index contributed by atoms with van der Waals surface area (Å²) in [6.45, 7) is 7.87. The number of rotatable bonds is 5. The number of amides is 1. The van der Waals surface area contributed by atoms with E-state index in [2.05, 4.69) is 5.32 Å². The fourth-order valence-electron chi connectivity index (χ4n) is 2.58. The fourth-order valence-corrected chi connectivity index (χ4v) is 3.46. The Hall–Kier alpha value is -1.42. The minimum Gasteiger partial charge on any atom is -0.397 e. The minimum atomic E-state index is -0.0102. The molecule has 0 aliphatic heterocycles. The summed E-state index contributed by atoms with van der Waals surface area (Å²) in [6, 6.07) is 7.73. The molecule has 27 heavy (non-hydrogen) atoms. The highest BCUT2D eigenvalue weighted by molar-refractivity contribution is 6.34. The van der Waals surface area contributed by atoms with E-state index in [1.54, 1.807) is 0 Å². The molecule has 0 heterocycles. The summed E-state index contributed by atoms with van der Waals surface area (Å²) >= 11 is 17.5. The Morgan fingerprint density at radius 2 is 1.48 bits per heavy atom. The van der Waals surface area contributed by atoms with Crippen molar-refractivity contribution in [2.45, 2.75) is 47.0 Å². The van der Waals surface area contributed by atoms with Gasteiger partial charge < -0.3 is 11.1 Å². The van der Waals surface area contributed by atoms with E-state index in [-0.39, 0.29) is 5.91 Å². The zero-order valence-electron chi connectivity index (χ0n) is 16.3. The van der Waals surface area contributed by atoms with Gasteiger partial charge in [-0.05, 0) is 74.9 Å². The van der Waals surface area contributed by atoms with Gasteiger partial charge in [0.25, 0.3) is 0 Å². The molecule has 0 atom stereocenters. The molecule has 0 radical (unpaired) electrons. The van der Waals surface area contributed by atoms with Crippen LogP contribution in [0.15, 0.2) is 24.3 Å². The van der Waals surface area contributed by atoms with Gasteiger partial charge in [0.2, 0.25) is 5.91 Å². The summed E-state index contributed by atoms with van der Waals surface area (Å²) in [5.41, 5.74) is 11.3. The first-order chi connectivity index (χ1) is 12.6. The van der Waals surface area contributed by atoms with E-state index in [0.717, 1.165) is 35.1 Å². The number of halogens is 3. The Balaban J connectivity index is 0.000000309. The molecule has 0 aliphatic rings. The summed E-state index contributed by atoms with van der Waals surface area (Å²) in [5, 5.41) is 4.09. The Labute approximate surface area is 177 Å². The van der Waals surface area contributed by atoms with Gasteiger partial charge in [-0.15, -0.1) is 11.6 Å². The van der Waals surface area contributed by atoms with Gasteiger partial charge in [-0.2, -0.15) is 0 Å². The first kappa shape index (κ1) is 23.6. The number of unbranched alkanes of at least 4 members (excludes halogenated alkanes) is 1. The van der Waals surface area contributed by atoms with E-state index in [9.17, 15) is 4.79 Å². The molecule has 0 unspecified atom stereocenters. The standard InChI is InChI=1S/C13H17Cl2NO.C8H10ClN/c1-9-7-10(2)13(11(15)8-9)16-12(17)5-3-4-6-14;1-5-3-6(2)8(10)7(9)4-5/h7-8H,3-6H2,1-2H3,(H,16,17);3-4H,10H2,1-2H3. The van der Waals surface area contributed by atoms with Crippen molar-refractivity contribution < 1.29 is 4.79 Å². The third kappa shape index (κ3) is 8.00. The highest BCUT2D eigenvalue weighted by atomic mass is 35.5. The molecule has 2 aromatic carbocycles. The molecule has 6 heteroatoms. The summed E-state index contributed by atoms with van der Waals surface area (Å²) in [5.74, 6) is 0.585. The van der Waals surface area contributed by atoms with Crippen LogP contribution in [-0.4, -0.2) is 11.8 Å². The van der Waals surface area contributed by atoms with E-state index in [0.29, 0.717) is 33.7 Å². The van der Waals surface area contributed by atoms with Gasteiger partial charge in [0, 0.05) is 12.3 Å². The number of carbonyl (C=O) groups excluding carboxylic acids is 1. The normalized spacial score (nSPS) is 10.2. The Morgan fingerprint density at radius 1 is 0.926 bits per heavy atom. The number of nitrogens with two attached hydrogens (primary N) is 1. The van der Waals surface area contributed by atoms with Crippen molar-refractivity contribution in [3.05, 3.63) is 56.6 Å². The molecule has 0 aliphatic carbocycles. The van der Waals surface area contributed by atoms with Crippen molar-refractivity contribution in [1.29, 1.82) is 0 Å². The maximum Gasteiger partial charge on any atom is 0.224 e. The Kier molecular flexibility index (Phi) is 10.00. The van der Waals surface area contributed by atoms with Crippen LogP contribution in [0.3, 0.4) is 0 Å². The molecular weight excluding hydrogens is 403 g/mol. The Bertz CT molecular complexity index is 745. The van der Waals surface area contributed by atoms with Crippen LogP contribution in [0.1, 0.15) is 41.5 Å². The SMILES string of the molecule is Cc1cc(C)c(N)c(Cl)c1.Cc1cc(C)c(NC(=O)CCCCCl)c(Cl)c1. The van der Waals surface area contributed by atoms with Crippen molar-refractivity contribution in [2.75, 3.05) is 16.9 Å². The van der Waals surface area contributed by atoms with E-state index < -0.39 is 0 Å². The molecular formula is C21H27Cl3N2O. The van der Waals surface area contributed by atoms with Gasteiger partial charge in [0.1, 0.15) is 0 Å². The van der Waals surface area contributed by atoms with Crippen LogP contribution in [0.4, 0.5) is 11.4 Å². The van der Waals surface area contributed by atoms with Crippen LogP contribution in [0.5, 0.6) is 0 Å². The van der Waals surface area contributed by atoms with Crippen molar-refractivity contribution >= 4 is 52.1 Å². The van der Waals surface area contributed by atoms with Gasteiger partial charge in [-0.1, -0.05) is 35.3 Å². The lowest BCUT2D eigenvalue weighted by Gasteiger charge is -2.11. The summed E-state index contributed by atoms with van der Waals surface area (Å²) in [7, 11) is 0. The second kappa shape index (κ2) is 11.4. The molecule has 2 aromatic rings. The molecule has 2 rings (SSSR count). The summed E-state index contributed by atoms with van der Waals surface area (Å²) in [6.07, 6.45) is 2.14. The van der Waals surface area contributed by atoms with Crippen LogP contribution in [0.2, 0.25) is 10.0 Å². The molecule has 0 fully saturated rings.